The third-order valence-corrected chi connectivity index (χ3v) is 3.55. The van der Waals surface area contributed by atoms with Gasteiger partial charge >= 0.3 is 0 Å². The molecule has 0 aliphatic heterocycles. The fourth-order valence-corrected chi connectivity index (χ4v) is 2.43. The Hall–Kier alpha value is -2.34. The molecular formula is C14H10ClFN4O. The quantitative estimate of drug-likeness (QED) is 0.683. The molecule has 106 valence electrons. The molecule has 2 aromatic heterocycles. The van der Waals surface area contributed by atoms with Gasteiger partial charge < -0.3 is 0 Å². The molecule has 1 unspecified atom stereocenters. The van der Waals surface area contributed by atoms with Crippen molar-refractivity contribution >= 4 is 22.8 Å². The van der Waals surface area contributed by atoms with Gasteiger partial charge in [-0.15, -0.1) is 0 Å². The molecule has 0 spiro atoms. The van der Waals surface area contributed by atoms with E-state index in [2.05, 4.69) is 15.0 Å². The third-order valence-electron chi connectivity index (χ3n) is 3.27. The summed E-state index contributed by atoms with van der Waals surface area (Å²) in [6.45, 7) is 1.72. The Morgan fingerprint density at radius 1 is 1.24 bits per heavy atom. The van der Waals surface area contributed by atoms with Crippen molar-refractivity contribution < 1.29 is 4.39 Å². The van der Waals surface area contributed by atoms with Crippen LogP contribution in [-0.2, 0) is 0 Å². The van der Waals surface area contributed by atoms with Crippen LogP contribution in [0.2, 0.25) is 5.15 Å². The van der Waals surface area contributed by atoms with Crippen molar-refractivity contribution in [2.75, 3.05) is 0 Å². The van der Waals surface area contributed by atoms with Crippen LogP contribution in [0, 0.1) is 5.82 Å². The van der Waals surface area contributed by atoms with Gasteiger partial charge in [-0.2, -0.15) is 0 Å². The Labute approximate surface area is 124 Å². The van der Waals surface area contributed by atoms with Gasteiger partial charge in [-0.1, -0.05) is 29.8 Å². The fourth-order valence-electron chi connectivity index (χ4n) is 2.25. The normalized spacial score (nSPS) is 12.5. The van der Waals surface area contributed by atoms with Crippen LogP contribution in [0.5, 0.6) is 0 Å². The molecule has 0 aliphatic carbocycles. The molecule has 21 heavy (non-hydrogen) atoms. The lowest BCUT2D eigenvalue weighted by atomic mass is 10.1. The number of nitrogens with zero attached hydrogens (tertiary/aromatic N) is 4. The van der Waals surface area contributed by atoms with E-state index >= 15 is 0 Å². The topological polar surface area (TPSA) is 60.7 Å². The van der Waals surface area contributed by atoms with E-state index in [0.717, 1.165) is 6.20 Å². The number of benzene rings is 1. The van der Waals surface area contributed by atoms with E-state index in [-0.39, 0.29) is 22.2 Å². The van der Waals surface area contributed by atoms with E-state index in [9.17, 15) is 9.18 Å². The van der Waals surface area contributed by atoms with Crippen LogP contribution in [0.15, 0.2) is 41.6 Å². The van der Waals surface area contributed by atoms with Crippen molar-refractivity contribution in [2.24, 2.45) is 0 Å². The summed E-state index contributed by atoms with van der Waals surface area (Å²) in [6, 6.07) is 5.74. The maximum absolute atomic E-state index is 13.9. The maximum atomic E-state index is 13.9. The van der Waals surface area contributed by atoms with Gasteiger partial charge in [0.2, 0.25) is 0 Å². The second-order valence-electron chi connectivity index (χ2n) is 4.50. The van der Waals surface area contributed by atoms with Crippen LogP contribution in [0.3, 0.4) is 0 Å². The van der Waals surface area contributed by atoms with Gasteiger partial charge in [-0.25, -0.2) is 19.3 Å². The average Bonchev–Trinajstić information content (AvgIpc) is 2.47. The summed E-state index contributed by atoms with van der Waals surface area (Å²) in [5, 5.41) is 0.148. The molecule has 0 N–H and O–H groups in total. The third kappa shape index (κ3) is 2.27. The second kappa shape index (κ2) is 5.21. The summed E-state index contributed by atoms with van der Waals surface area (Å²) in [5.41, 5.74) is 0.593. The lowest BCUT2D eigenvalue weighted by molar-refractivity contribution is 0.554. The molecule has 0 bridgehead atoms. The number of halogens is 2. The van der Waals surface area contributed by atoms with Crippen LogP contribution in [0.4, 0.5) is 4.39 Å². The Balaban J connectivity index is 2.30. The zero-order valence-electron chi connectivity index (χ0n) is 11.0. The standard InChI is InChI=1S/C14H10ClFN4O/c1-8(9-4-2-3-5-10(9)16)20-11(21)6-17-12-13(15)18-7-19-14(12)20/h2-8H,1H3. The Bertz CT molecular complexity index is 880. The molecule has 0 amide bonds. The summed E-state index contributed by atoms with van der Waals surface area (Å²) in [7, 11) is 0. The van der Waals surface area contributed by atoms with E-state index in [1.165, 1.54) is 17.0 Å². The highest BCUT2D eigenvalue weighted by atomic mass is 35.5. The first-order valence-electron chi connectivity index (χ1n) is 6.21. The van der Waals surface area contributed by atoms with Crippen LogP contribution in [-0.4, -0.2) is 19.5 Å². The van der Waals surface area contributed by atoms with Gasteiger partial charge in [-0.05, 0) is 13.0 Å². The van der Waals surface area contributed by atoms with E-state index in [1.807, 2.05) is 0 Å². The minimum absolute atomic E-state index is 0.148. The molecule has 2 heterocycles. The molecule has 1 aromatic carbocycles. The van der Waals surface area contributed by atoms with Crippen molar-refractivity contribution in [1.29, 1.82) is 0 Å². The molecule has 0 aliphatic rings. The summed E-state index contributed by atoms with van der Waals surface area (Å²) >= 11 is 5.96. The molecular weight excluding hydrogens is 295 g/mol. The summed E-state index contributed by atoms with van der Waals surface area (Å²) in [6.07, 6.45) is 2.38. The molecule has 3 aromatic rings. The fraction of sp³-hybridized carbons (Fsp3) is 0.143. The van der Waals surface area contributed by atoms with Crippen molar-refractivity contribution in [3.8, 4) is 0 Å². The number of hydrogen-bond acceptors (Lipinski definition) is 4. The van der Waals surface area contributed by atoms with Crippen LogP contribution < -0.4 is 5.56 Å². The summed E-state index contributed by atoms with van der Waals surface area (Å²) in [4.78, 5) is 24.0. The van der Waals surface area contributed by atoms with Gasteiger partial charge in [0.15, 0.2) is 10.8 Å². The highest BCUT2D eigenvalue weighted by Crippen LogP contribution is 2.23. The van der Waals surface area contributed by atoms with Crippen LogP contribution >= 0.6 is 11.6 Å². The first-order valence-corrected chi connectivity index (χ1v) is 6.59. The first kappa shape index (κ1) is 13.6. The second-order valence-corrected chi connectivity index (χ2v) is 4.86. The monoisotopic (exact) mass is 304 g/mol. The highest BCUT2D eigenvalue weighted by molar-refractivity contribution is 6.33. The van der Waals surface area contributed by atoms with Gasteiger partial charge in [0.1, 0.15) is 17.7 Å². The smallest absolute Gasteiger partial charge is 0.271 e. The molecule has 1 atom stereocenters. The van der Waals surface area contributed by atoms with E-state index < -0.39 is 6.04 Å². The summed E-state index contributed by atoms with van der Waals surface area (Å²) < 4.78 is 15.3. The minimum Gasteiger partial charge on any atom is -0.282 e. The summed E-state index contributed by atoms with van der Waals surface area (Å²) in [5.74, 6) is -0.387. The molecule has 0 fully saturated rings. The van der Waals surface area contributed by atoms with Crippen molar-refractivity contribution in [3.63, 3.8) is 0 Å². The predicted molar refractivity (Wildman–Crippen MR) is 76.8 cm³/mol. The van der Waals surface area contributed by atoms with Crippen molar-refractivity contribution in [1.82, 2.24) is 19.5 Å². The first-order chi connectivity index (χ1) is 10.1. The van der Waals surface area contributed by atoms with E-state index in [1.54, 1.807) is 25.1 Å². The van der Waals surface area contributed by atoms with Crippen molar-refractivity contribution in [3.05, 3.63) is 63.7 Å². The molecule has 5 nitrogen and oxygen atoms in total. The van der Waals surface area contributed by atoms with Gasteiger partial charge in [0.25, 0.3) is 5.56 Å². The lowest BCUT2D eigenvalue weighted by Gasteiger charge is -2.17. The zero-order valence-corrected chi connectivity index (χ0v) is 11.8. The largest absolute Gasteiger partial charge is 0.282 e. The maximum Gasteiger partial charge on any atom is 0.271 e. The minimum atomic E-state index is -0.546. The highest BCUT2D eigenvalue weighted by Gasteiger charge is 2.18. The molecule has 7 heteroatoms. The number of hydrogen-bond donors (Lipinski definition) is 0. The Morgan fingerprint density at radius 2 is 2.00 bits per heavy atom. The van der Waals surface area contributed by atoms with E-state index in [0.29, 0.717) is 11.1 Å². The van der Waals surface area contributed by atoms with E-state index in [4.69, 9.17) is 11.6 Å². The van der Waals surface area contributed by atoms with Crippen molar-refractivity contribution in [2.45, 2.75) is 13.0 Å². The number of aromatic nitrogens is 4. The van der Waals surface area contributed by atoms with Crippen LogP contribution in [0.1, 0.15) is 18.5 Å². The molecule has 0 saturated heterocycles. The predicted octanol–water partition coefficient (Wildman–Crippen LogP) is 2.59. The SMILES string of the molecule is CC(c1ccccc1F)n1c(=O)cnc2c(Cl)ncnc21. The Morgan fingerprint density at radius 3 is 2.76 bits per heavy atom. The van der Waals surface area contributed by atoms with Crippen LogP contribution in [0.25, 0.3) is 11.2 Å². The van der Waals surface area contributed by atoms with Gasteiger partial charge in [0, 0.05) is 5.56 Å². The van der Waals surface area contributed by atoms with Gasteiger partial charge in [0.05, 0.1) is 12.2 Å². The number of rotatable bonds is 2. The van der Waals surface area contributed by atoms with Gasteiger partial charge in [-0.3, -0.25) is 9.36 Å². The molecule has 0 radical (unpaired) electrons. The molecule has 3 rings (SSSR count). The number of fused-ring (bicyclic) bond motifs is 1. The lowest BCUT2D eigenvalue weighted by Crippen LogP contribution is -2.25. The molecule has 0 saturated carbocycles. The Kier molecular flexibility index (Phi) is 3.39. The zero-order chi connectivity index (χ0) is 15.0. The average molecular weight is 305 g/mol.